The summed E-state index contributed by atoms with van der Waals surface area (Å²) in [6, 6.07) is 0.674. The minimum Gasteiger partial charge on any atom is -0.375 e. The van der Waals surface area contributed by atoms with Gasteiger partial charge in [0.2, 0.25) is 0 Å². The second-order valence-electron chi connectivity index (χ2n) is 5.45. The van der Waals surface area contributed by atoms with Crippen molar-refractivity contribution in [2.75, 3.05) is 33.3 Å². The highest BCUT2D eigenvalue weighted by Crippen LogP contribution is 2.05. The summed E-state index contributed by atoms with van der Waals surface area (Å²) < 4.78 is 5.63. The van der Waals surface area contributed by atoms with E-state index in [0.29, 0.717) is 6.04 Å². The Bertz CT molecular complexity index is 166. The molecule has 0 aromatic carbocycles. The fourth-order valence-electron chi connectivity index (χ4n) is 1.34. The largest absolute Gasteiger partial charge is 0.375 e. The molecule has 1 N–H and O–H groups in total. The van der Waals surface area contributed by atoms with E-state index in [0.717, 1.165) is 26.2 Å². The highest BCUT2D eigenvalue weighted by molar-refractivity contribution is 4.63. The standard InChI is InChI=1S/C13H30N2O/c1-7-12(2)15(6)10-8-14-9-11-16-13(3,4)5/h12,14H,7-11H2,1-6H3. The van der Waals surface area contributed by atoms with E-state index in [1.165, 1.54) is 6.42 Å². The first-order valence-corrected chi connectivity index (χ1v) is 6.41. The Morgan fingerprint density at radius 1 is 1.25 bits per heavy atom. The van der Waals surface area contributed by atoms with Crippen LogP contribution in [0.25, 0.3) is 0 Å². The highest BCUT2D eigenvalue weighted by Gasteiger charge is 2.09. The molecule has 3 heteroatoms. The first-order valence-electron chi connectivity index (χ1n) is 6.41. The zero-order valence-corrected chi connectivity index (χ0v) is 12.0. The minimum atomic E-state index is -0.0187. The summed E-state index contributed by atoms with van der Waals surface area (Å²) in [5.74, 6) is 0. The second-order valence-corrected chi connectivity index (χ2v) is 5.45. The third-order valence-electron chi connectivity index (χ3n) is 2.80. The molecule has 1 atom stereocenters. The molecule has 0 heterocycles. The first kappa shape index (κ1) is 15.9. The van der Waals surface area contributed by atoms with Crippen molar-refractivity contribution < 1.29 is 4.74 Å². The van der Waals surface area contributed by atoms with E-state index in [4.69, 9.17) is 4.74 Å². The van der Waals surface area contributed by atoms with Crippen molar-refractivity contribution >= 4 is 0 Å². The molecule has 0 amide bonds. The monoisotopic (exact) mass is 230 g/mol. The van der Waals surface area contributed by atoms with Gasteiger partial charge in [0.05, 0.1) is 12.2 Å². The molecule has 0 aliphatic carbocycles. The van der Waals surface area contributed by atoms with E-state index in [2.05, 4.69) is 51.9 Å². The Hall–Kier alpha value is -0.120. The van der Waals surface area contributed by atoms with Crippen molar-refractivity contribution in [3.8, 4) is 0 Å². The molecule has 0 spiro atoms. The average molecular weight is 230 g/mol. The van der Waals surface area contributed by atoms with Crippen molar-refractivity contribution in [2.24, 2.45) is 0 Å². The quantitative estimate of drug-likeness (QED) is 0.646. The molecule has 0 aromatic heterocycles. The fraction of sp³-hybridized carbons (Fsp3) is 1.00. The lowest BCUT2D eigenvalue weighted by Crippen LogP contribution is -2.36. The molecular formula is C13H30N2O. The lowest BCUT2D eigenvalue weighted by molar-refractivity contribution is -0.000892. The van der Waals surface area contributed by atoms with Crippen LogP contribution in [-0.4, -0.2) is 49.8 Å². The van der Waals surface area contributed by atoms with Crippen molar-refractivity contribution in [1.29, 1.82) is 0 Å². The average Bonchev–Trinajstić information content (AvgIpc) is 2.20. The predicted octanol–water partition coefficient (Wildman–Crippen LogP) is 2.12. The van der Waals surface area contributed by atoms with Crippen molar-refractivity contribution in [3.05, 3.63) is 0 Å². The first-order chi connectivity index (χ1) is 7.37. The Morgan fingerprint density at radius 2 is 1.88 bits per heavy atom. The maximum absolute atomic E-state index is 5.63. The summed E-state index contributed by atoms with van der Waals surface area (Å²) in [5.41, 5.74) is -0.0187. The fourth-order valence-corrected chi connectivity index (χ4v) is 1.34. The summed E-state index contributed by atoms with van der Waals surface area (Å²) >= 11 is 0. The molecule has 0 fully saturated rings. The molecule has 0 aliphatic heterocycles. The Kier molecular flexibility index (Phi) is 7.98. The molecule has 0 rings (SSSR count). The van der Waals surface area contributed by atoms with Crippen LogP contribution in [0.4, 0.5) is 0 Å². The van der Waals surface area contributed by atoms with Crippen LogP contribution in [0.3, 0.4) is 0 Å². The molecule has 1 unspecified atom stereocenters. The van der Waals surface area contributed by atoms with Crippen LogP contribution in [0.5, 0.6) is 0 Å². The van der Waals surface area contributed by atoms with Gasteiger partial charge < -0.3 is 15.0 Å². The number of nitrogens with one attached hydrogen (secondary N) is 1. The van der Waals surface area contributed by atoms with Gasteiger partial charge in [0.25, 0.3) is 0 Å². The summed E-state index contributed by atoms with van der Waals surface area (Å²) in [6.45, 7) is 14.6. The van der Waals surface area contributed by atoms with E-state index < -0.39 is 0 Å². The van der Waals surface area contributed by atoms with Crippen molar-refractivity contribution in [3.63, 3.8) is 0 Å². The molecule has 0 aromatic rings. The van der Waals surface area contributed by atoms with Gasteiger partial charge in [-0.1, -0.05) is 6.92 Å². The van der Waals surface area contributed by atoms with Gasteiger partial charge in [-0.25, -0.2) is 0 Å². The maximum Gasteiger partial charge on any atom is 0.0599 e. The molecule has 16 heavy (non-hydrogen) atoms. The molecular weight excluding hydrogens is 200 g/mol. The third-order valence-corrected chi connectivity index (χ3v) is 2.80. The van der Waals surface area contributed by atoms with Crippen LogP contribution in [0, 0.1) is 0 Å². The second kappa shape index (κ2) is 8.04. The van der Waals surface area contributed by atoms with Gasteiger partial charge in [0, 0.05) is 25.7 Å². The van der Waals surface area contributed by atoms with Crippen molar-refractivity contribution in [1.82, 2.24) is 10.2 Å². The minimum absolute atomic E-state index is 0.0187. The third kappa shape index (κ3) is 9.13. The van der Waals surface area contributed by atoms with E-state index in [1.807, 2.05) is 0 Å². The summed E-state index contributed by atoms with van der Waals surface area (Å²) in [5, 5.41) is 3.40. The van der Waals surface area contributed by atoms with E-state index in [-0.39, 0.29) is 5.60 Å². The summed E-state index contributed by atoms with van der Waals surface area (Å²) in [6.07, 6.45) is 1.21. The Morgan fingerprint density at radius 3 is 2.38 bits per heavy atom. The molecule has 0 saturated heterocycles. The van der Waals surface area contributed by atoms with E-state index >= 15 is 0 Å². The molecule has 0 saturated carbocycles. The Labute approximate surface area is 102 Å². The molecule has 3 nitrogen and oxygen atoms in total. The lowest BCUT2D eigenvalue weighted by Gasteiger charge is -2.24. The van der Waals surface area contributed by atoms with Crippen LogP contribution in [0.1, 0.15) is 41.0 Å². The SMILES string of the molecule is CCC(C)N(C)CCNCCOC(C)(C)C. The highest BCUT2D eigenvalue weighted by atomic mass is 16.5. The topological polar surface area (TPSA) is 24.5 Å². The summed E-state index contributed by atoms with van der Waals surface area (Å²) in [4.78, 5) is 2.39. The Balaban J connectivity index is 3.34. The normalized spacial score (nSPS) is 14.4. The smallest absolute Gasteiger partial charge is 0.0599 e. The zero-order chi connectivity index (χ0) is 12.6. The van der Waals surface area contributed by atoms with Gasteiger partial charge in [-0.3, -0.25) is 0 Å². The number of ether oxygens (including phenoxy) is 1. The number of hydrogen-bond acceptors (Lipinski definition) is 3. The van der Waals surface area contributed by atoms with E-state index in [9.17, 15) is 0 Å². The lowest BCUT2D eigenvalue weighted by atomic mass is 10.2. The van der Waals surface area contributed by atoms with Gasteiger partial charge in [-0.2, -0.15) is 0 Å². The van der Waals surface area contributed by atoms with Gasteiger partial charge >= 0.3 is 0 Å². The van der Waals surface area contributed by atoms with Crippen LogP contribution in [0.15, 0.2) is 0 Å². The molecule has 0 bridgehead atoms. The number of hydrogen-bond donors (Lipinski definition) is 1. The number of rotatable bonds is 8. The number of nitrogens with zero attached hydrogens (tertiary/aromatic N) is 1. The number of likely N-dealkylation sites (N-methyl/N-ethyl adjacent to an activating group) is 1. The predicted molar refractivity (Wildman–Crippen MR) is 71.0 cm³/mol. The van der Waals surface area contributed by atoms with Gasteiger partial charge in [-0.15, -0.1) is 0 Å². The zero-order valence-electron chi connectivity index (χ0n) is 12.0. The van der Waals surface area contributed by atoms with Crippen molar-refractivity contribution in [2.45, 2.75) is 52.7 Å². The van der Waals surface area contributed by atoms with Crippen LogP contribution in [0.2, 0.25) is 0 Å². The molecule has 0 aliphatic rings. The molecule has 0 radical (unpaired) electrons. The van der Waals surface area contributed by atoms with Gasteiger partial charge in [0.15, 0.2) is 0 Å². The van der Waals surface area contributed by atoms with Crippen LogP contribution in [-0.2, 0) is 4.74 Å². The molecule has 98 valence electrons. The van der Waals surface area contributed by atoms with Gasteiger partial charge in [-0.05, 0) is 41.2 Å². The van der Waals surface area contributed by atoms with E-state index in [1.54, 1.807) is 0 Å². The summed E-state index contributed by atoms with van der Waals surface area (Å²) in [7, 11) is 2.18. The van der Waals surface area contributed by atoms with Crippen LogP contribution < -0.4 is 5.32 Å². The van der Waals surface area contributed by atoms with Gasteiger partial charge in [0.1, 0.15) is 0 Å². The maximum atomic E-state index is 5.63. The van der Waals surface area contributed by atoms with Crippen LogP contribution >= 0.6 is 0 Å².